The van der Waals surface area contributed by atoms with Crippen LogP contribution in [0.15, 0.2) is 46.9 Å². The van der Waals surface area contributed by atoms with Gasteiger partial charge in [0.1, 0.15) is 5.82 Å². The lowest BCUT2D eigenvalue weighted by Gasteiger charge is -2.08. The van der Waals surface area contributed by atoms with Crippen molar-refractivity contribution in [3.8, 4) is 0 Å². The fourth-order valence-corrected chi connectivity index (χ4v) is 2.17. The molecule has 0 saturated carbocycles. The Morgan fingerprint density at radius 3 is 2.73 bits per heavy atom. The number of esters is 1. The van der Waals surface area contributed by atoms with Gasteiger partial charge >= 0.3 is 5.97 Å². The van der Waals surface area contributed by atoms with Crippen molar-refractivity contribution in [2.24, 2.45) is 0 Å². The van der Waals surface area contributed by atoms with Crippen LogP contribution in [0.5, 0.6) is 0 Å². The molecule has 6 heteroatoms. The molecule has 114 valence electrons. The third kappa shape index (κ3) is 3.92. The van der Waals surface area contributed by atoms with E-state index in [1.807, 2.05) is 0 Å². The first-order valence-electron chi connectivity index (χ1n) is 6.55. The highest BCUT2D eigenvalue weighted by Gasteiger charge is 2.13. The normalized spacial score (nSPS) is 10.1. The van der Waals surface area contributed by atoms with Gasteiger partial charge in [0, 0.05) is 10.2 Å². The van der Waals surface area contributed by atoms with Crippen molar-refractivity contribution in [3.05, 3.63) is 63.9 Å². The second-order valence-corrected chi connectivity index (χ2v) is 5.30. The van der Waals surface area contributed by atoms with Gasteiger partial charge in [-0.2, -0.15) is 0 Å². The molecule has 0 heterocycles. The Labute approximate surface area is 135 Å². The summed E-state index contributed by atoms with van der Waals surface area (Å²) in [5, 5.41) is 2.56. The lowest BCUT2D eigenvalue weighted by molar-refractivity contribution is 0.0526. The number of amides is 1. The number of rotatable bonds is 4. The average molecular weight is 366 g/mol. The monoisotopic (exact) mass is 365 g/mol. The number of hydrogen-bond acceptors (Lipinski definition) is 3. The Hall–Kier alpha value is -2.21. The number of carbonyl (C=O) groups excluding carboxylic acids is 2. The zero-order valence-electron chi connectivity index (χ0n) is 11.7. The number of hydrogen-bond donors (Lipinski definition) is 1. The molecule has 0 fully saturated rings. The molecule has 0 spiro atoms. The third-order valence-electron chi connectivity index (χ3n) is 2.80. The summed E-state index contributed by atoms with van der Waals surface area (Å²) < 4.78 is 19.2. The lowest BCUT2D eigenvalue weighted by atomic mass is 10.1. The van der Waals surface area contributed by atoms with Gasteiger partial charge in [-0.05, 0) is 43.3 Å². The third-order valence-corrected chi connectivity index (χ3v) is 3.30. The highest BCUT2D eigenvalue weighted by Crippen LogP contribution is 2.18. The summed E-state index contributed by atoms with van der Waals surface area (Å²) in [7, 11) is 0. The van der Waals surface area contributed by atoms with Crippen LogP contribution in [-0.2, 0) is 4.74 Å². The summed E-state index contributed by atoms with van der Waals surface area (Å²) in [6, 6.07) is 10.4. The van der Waals surface area contributed by atoms with E-state index in [1.54, 1.807) is 25.1 Å². The standard InChI is InChI=1S/C16H13BrFNO3/c1-2-22-16(21)10-4-3-5-12(8-10)19-15(20)13-9-11(17)6-7-14(13)18/h3-9H,2H2,1H3,(H,19,20). The molecular formula is C16H13BrFNO3. The van der Waals surface area contributed by atoms with Gasteiger partial charge in [-0.15, -0.1) is 0 Å². The summed E-state index contributed by atoms with van der Waals surface area (Å²) in [6.45, 7) is 1.97. The van der Waals surface area contributed by atoms with E-state index in [-0.39, 0.29) is 12.2 Å². The SMILES string of the molecule is CCOC(=O)c1cccc(NC(=O)c2cc(Br)ccc2F)c1. The molecule has 0 saturated heterocycles. The second-order valence-electron chi connectivity index (χ2n) is 4.38. The van der Waals surface area contributed by atoms with E-state index in [9.17, 15) is 14.0 Å². The zero-order chi connectivity index (χ0) is 16.1. The van der Waals surface area contributed by atoms with Gasteiger partial charge in [0.2, 0.25) is 0 Å². The van der Waals surface area contributed by atoms with Crippen molar-refractivity contribution < 1.29 is 18.7 Å². The van der Waals surface area contributed by atoms with Crippen molar-refractivity contribution in [2.45, 2.75) is 6.92 Å². The van der Waals surface area contributed by atoms with E-state index in [0.29, 0.717) is 15.7 Å². The Morgan fingerprint density at radius 2 is 2.00 bits per heavy atom. The topological polar surface area (TPSA) is 55.4 Å². The molecule has 0 aliphatic carbocycles. The van der Waals surface area contributed by atoms with Crippen molar-refractivity contribution in [1.29, 1.82) is 0 Å². The molecule has 0 aromatic heterocycles. The van der Waals surface area contributed by atoms with Gasteiger partial charge < -0.3 is 10.1 Å². The van der Waals surface area contributed by atoms with E-state index in [4.69, 9.17) is 4.74 Å². The van der Waals surface area contributed by atoms with Crippen LogP contribution in [0.2, 0.25) is 0 Å². The van der Waals surface area contributed by atoms with Crippen LogP contribution in [0.3, 0.4) is 0 Å². The number of nitrogens with one attached hydrogen (secondary N) is 1. The van der Waals surface area contributed by atoms with Gasteiger partial charge in [0.05, 0.1) is 17.7 Å². The molecule has 2 aromatic rings. The highest BCUT2D eigenvalue weighted by atomic mass is 79.9. The van der Waals surface area contributed by atoms with Gasteiger partial charge in [0.25, 0.3) is 5.91 Å². The number of halogens is 2. The number of ether oxygens (including phenoxy) is 1. The van der Waals surface area contributed by atoms with Crippen LogP contribution < -0.4 is 5.32 Å². The maximum atomic E-state index is 13.7. The van der Waals surface area contributed by atoms with E-state index < -0.39 is 17.7 Å². The smallest absolute Gasteiger partial charge is 0.338 e. The summed E-state index contributed by atoms with van der Waals surface area (Å²) in [6.07, 6.45) is 0. The largest absolute Gasteiger partial charge is 0.462 e. The summed E-state index contributed by atoms with van der Waals surface area (Å²) in [5.41, 5.74) is 0.611. The second kappa shape index (κ2) is 7.17. The van der Waals surface area contributed by atoms with Crippen LogP contribution in [-0.4, -0.2) is 18.5 Å². The molecule has 1 N–H and O–H groups in total. The van der Waals surface area contributed by atoms with Crippen LogP contribution in [0.1, 0.15) is 27.6 Å². The maximum Gasteiger partial charge on any atom is 0.338 e. The Balaban J connectivity index is 2.20. The molecular weight excluding hydrogens is 353 g/mol. The molecule has 4 nitrogen and oxygen atoms in total. The molecule has 0 bridgehead atoms. The van der Waals surface area contributed by atoms with Crippen LogP contribution >= 0.6 is 15.9 Å². The van der Waals surface area contributed by atoms with Crippen LogP contribution in [0, 0.1) is 5.82 Å². The fraction of sp³-hybridized carbons (Fsp3) is 0.125. The first kappa shape index (κ1) is 16.2. The minimum Gasteiger partial charge on any atom is -0.462 e. The minimum absolute atomic E-state index is 0.0871. The molecule has 0 aliphatic heterocycles. The first-order chi connectivity index (χ1) is 10.5. The van der Waals surface area contributed by atoms with Crippen LogP contribution in [0.4, 0.5) is 10.1 Å². The van der Waals surface area contributed by atoms with E-state index in [1.165, 1.54) is 24.3 Å². The molecule has 22 heavy (non-hydrogen) atoms. The molecule has 2 aromatic carbocycles. The maximum absolute atomic E-state index is 13.7. The summed E-state index contributed by atoms with van der Waals surface area (Å²) in [4.78, 5) is 23.8. The molecule has 1 amide bonds. The summed E-state index contributed by atoms with van der Waals surface area (Å²) in [5.74, 6) is -1.70. The molecule has 0 atom stereocenters. The molecule has 0 unspecified atom stereocenters. The molecule has 0 aliphatic rings. The van der Waals surface area contributed by atoms with Gasteiger partial charge in [-0.25, -0.2) is 9.18 Å². The molecule has 0 radical (unpaired) electrons. The highest BCUT2D eigenvalue weighted by molar-refractivity contribution is 9.10. The predicted molar refractivity (Wildman–Crippen MR) is 84.5 cm³/mol. The Morgan fingerprint density at radius 1 is 1.23 bits per heavy atom. The van der Waals surface area contributed by atoms with E-state index in [0.717, 1.165) is 0 Å². The van der Waals surface area contributed by atoms with Crippen molar-refractivity contribution in [3.63, 3.8) is 0 Å². The van der Waals surface area contributed by atoms with E-state index in [2.05, 4.69) is 21.2 Å². The number of anilines is 1. The lowest BCUT2D eigenvalue weighted by Crippen LogP contribution is -2.14. The van der Waals surface area contributed by atoms with Gasteiger partial charge in [0.15, 0.2) is 0 Å². The zero-order valence-corrected chi connectivity index (χ0v) is 13.3. The Kier molecular flexibility index (Phi) is 5.27. The van der Waals surface area contributed by atoms with Crippen molar-refractivity contribution in [1.82, 2.24) is 0 Å². The van der Waals surface area contributed by atoms with Crippen molar-refractivity contribution >= 4 is 33.5 Å². The molecule has 2 rings (SSSR count). The number of benzene rings is 2. The van der Waals surface area contributed by atoms with Gasteiger partial charge in [-0.3, -0.25) is 4.79 Å². The van der Waals surface area contributed by atoms with E-state index >= 15 is 0 Å². The average Bonchev–Trinajstić information content (AvgIpc) is 2.50. The predicted octanol–water partition coefficient (Wildman–Crippen LogP) is 4.02. The minimum atomic E-state index is -0.623. The quantitative estimate of drug-likeness (QED) is 0.832. The summed E-state index contributed by atoms with van der Waals surface area (Å²) >= 11 is 3.19. The van der Waals surface area contributed by atoms with Crippen molar-refractivity contribution in [2.75, 3.05) is 11.9 Å². The fourth-order valence-electron chi connectivity index (χ4n) is 1.81. The van der Waals surface area contributed by atoms with Crippen LogP contribution in [0.25, 0.3) is 0 Å². The number of carbonyl (C=O) groups is 2. The first-order valence-corrected chi connectivity index (χ1v) is 7.34. The van der Waals surface area contributed by atoms with Gasteiger partial charge in [-0.1, -0.05) is 22.0 Å². The Bertz CT molecular complexity index is 718.